The van der Waals surface area contributed by atoms with Crippen LogP contribution >= 0.6 is 0 Å². The van der Waals surface area contributed by atoms with Crippen molar-refractivity contribution in [2.45, 2.75) is 141 Å². The summed E-state index contributed by atoms with van der Waals surface area (Å²) in [7, 11) is 0. The summed E-state index contributed by atoms with van der Waals surface area (Å²) in [6.07, 6.45) is 11.3. The molecule has 0 spiro atoms. The second kappa shape index (κ2) is 19.5. The fourth-order valence-corrected chi connectivity index (χ4v) is 3.65. The lowest BCUT2D eigenvalue weighted by molar-refractivity contribution is -0.359. The Bertz CT molecular complexity index is 610. The van der Waals surface area contributed by atoms with Gasteiger partial charge in [-0.1, -0.05) is 103 Å². The molecule has 0 saturated carbocycles. The summed E-state index contributed by atoms with van der Waals surface area (Å²) in [5, 5.41) is 0. The second-order valence-corrected chi connectivity index (χ2v) is 9.46. The summed E-state index contributed by atoms with van der Waals surface area (Å²) in [6, 6.07) is 0. The van der Waals surface area contributed by atoms with Gasteiger partial charge in [0.2, 0.25) is 0 Å². The van der Waals surface area contributed by atoms with Crippen LogP contribution in [0.5, 0.6) is 0 Å². The molecule has 0 aliphatic carbocycles. The number of halogens is 7. The molecule has 0 aliphatic heterocycles. The maximum Gasteiger partial charge on any atom is 0.460 e. The van der Waals surface area contributed by atoms with Gasteiger partial charge in [0.25, 0.3) is 0 Å². The first kappa shape index (κ1) is 35.5. The van der Waals surface area contributed by atoms with E-state index < -0.39 is 49.4 Å². The van der Waals surface area contributed by atoms with Gasteiger partial charge >= 0.3 is 30.0 Å². The van der Waals surface area contributed by atoms with Crippen LogP contribution in [0.3, 0.4) is 0 Å². The minimum absolute atomic E-state index is 0.113. The summed E-state index contributed by atoms with van der Waals surface area (Å²) in [5.41, 5.74) is 0. The SMILES string of the molecule is CCCCCCCCCCCCCCCCCCOC(=O)CCC(=O)OCC(F)(F)C(F)(F)C(F)(F)F. The van der Waals surface area contributed by atoms with Crippen molar-refractivity contribution in [1.29, 1.82) is 0 Å². The fourth-order valence-electron chi connectivity index (χ4n) is 3.65. The second-order valence-electron chi connectivity index (χ2n) is 9.46. The van der Waals surface area contributed by atoms with Crippen molar-refractivity contribution in [3.05, 3.63) is 0 Å². The van der Waals surface area contributed by atoms with Gasteiger partial charge in [-0.25, -0.2) is 0 Å². The van der Waals surface area contributed by atoms with Gasteiger partial charge in [0.15, 0.2) is 6.61 Å². The normalized spacial score (nSPS) is 12.5. The molecule has 0 aromatic rings. The minimum atomic E-state index is -6.50. The maximum atomic E-state index is 13.1. The monoisotopic (exact) mass is 552 g/mol. The number of alkyl halides is 7. The lowest BCUT2D eigenvalue weighted by Gasteiger charge is -2.27. The molecule has 0 unspecified atom stereocenters. The summed E-state index contributed by atoms with van der Waals surface area (Å²) >= 11 is 0. The van der Waals surface area contributed by atoms with Gasteiger partial charge in [-0.05, 0) is 6.42 Å². The zero-order chi connectivity index (χ0) is 28.2. The molecule has 4 nitrogen and oxygen atoms in total. The highest BCUT2D eigenvalue weighted by atomic mass is 19.4. The van der Waals surface area contributed by atoms with E-state index in [1.165, 1.54) is 70.6 Å². The lowest BCUT2D eigenvalue weighted by Crippen LogP contribution is -2.54. The van der Waals surface area contributed by atoms with E-state index in [0.717, 1.165) is 25.7 Å². The molecule has 0 fully saturated rings. The smallest absolute Gasteiger partial charge is 0.460 e. The van der Waals surface area contributed by atoms with Crippen molar-refractivity contribution in [3.8, 4) is 0 Å². The number of carbonyl (C=O) groups is 2. The van der Waals surface area contributed by atoms with Crippen molar-refractivity contribution in [2.75, 3.05) is 13.2 Å². The number of hydrogen-bond donors (Lipinski definition) is 0. The van der Waals surface area contributed by atoms with Crippen molar-refractivity contribution < 1.29 is 49.8 Å². The summed E-state index contributed by atoms with van der Waals surface area (Å²) in [4.78, 5) is 22.9. The average Bonchev–Trinajstić information content (AvgIpc) is 2.82. The first-order valence-corrected chi connectivity index (χ1v) is 13.5. The molecule has 0 heterocycles. The van der Waals surface area contributed by atoms with Crippen LogP contribution in [-0.2, 0) is 19.1 Å². The molecule has 0 rings (SSSR count). The minimum Gasteiger partial charge on any atom is -0.466 e. The van der Waals surface area contributed by atoms with E-state index >= 15 is 0 Å². The molecule has 220 valence electrons. The maximum absolute atomic E-state index is 13.1. The topological polar surface area (TPSA) is 52.6 Å². The molecular formula is C26H43F7O4. The van der Waals surface area contributed by atoms with Gasteiger partial charge in [-0.2, -0.15) is 30.7 Å². The van der Waals surface area contributed by atoms with Gasteiger partial charge in [-0.3, -0.25) is 9.59 Å². The van der Waals surface area contributed by atoms with Crippen LogP contribution in [0.25, 0.3) is 0 Å². The van der Waals surface area contributed by atoms with Crippen LogP contribution in [0.1, 0.15) is 122 Å². The Morgan fingerprint density at radius 3 is 1.27 bits per heavy atom. The fraction of sp³-hybridized carbons (Fsp3) is 0.923. The quantitative estimate of drug-likeness (QED) is 0.0721. The number of carbonyl (C=O) groups excluding carboxylic acids is 2. The van der Waals surface area contributed by atoms with Crippen LogP contribution in [-0.4, -0.2) is 43.2 Å². The Morgan fingerprint density at radius 1 is 0.541 bits per heavy atom. The lowest BCUT2D eigenvalue weighted by atomic mass is 10.0. The highest BCUT2D eigenvalue weighted by molar-refractivity contribution is 5.77. The molecule has 11 heteroatoms. The van der Waals surface area contributed by atoms with Crippen LogP contribution < -0.4 is 0 Å². The van der Waals surface area contributed by atoms with Crippen molar-refractivity contribution in [3.63, 3.8) is 0 Å². The highest BCUT2D eigenvalue weighted by Gasteiger charge is 2.73. The van der Waals surface area contributed by atoms with E-state index in [0.29, 0.717) is 6.42 Å². The number of esters is 2. The van der Waals surface area contributed by atoms with Gasteiger partial charge in [-0.15, -0.1) is 0 Å². The Labute approximate surface area is 216 Å². The Kier molecular flexibility index (Phi) is 18.7. The largest absolute Gasteiger partial charge is 0.466 e. The molecule has 0 aromatic carbocycles. The Morgan fingerprint density at radius 2 is 0.892 bits per heavy atom. The highest BCUT2D eigenvalue weighted by Crippen LogP contribution is 2.46. The van der Waals surface area contributed by atoms with E-state index in [1.54, 1.807) is 0 Å². The van der Waals surface area contributed by atoms with E-state index in [1.807, 2.05) is 0 Å². The van der Waals surface area contributed by atoms with Crippen molar-refractivity contribution >= 4 is 11.9 Å². The van der Waals surface area contributed by atoms with Crippen LogP contribution in [0.4, 0.5) is 30.7 Å². The van der Waals surface area contributed by atoms with E-state index in [4.69, 9.17) is 4.74 Å². The Balaban J connectivity index is 3.62. The van der Waals surface area contributed by atoms with Crippen LogP contribution in [0, 0.1) is 0 Å². The molecule has 0 bridgehead atoms. The molecule has 0 aromatic heterocycles. The number of unbranched alkanes of at least 4 members (excludes halogenated alkanes) is 15. The van der Waals surface area contributed by atoms with Gasteiger partial charge in [0.05, 0.1) is 19.4 Å². The van der Waals surface area contributed by atoms with Gasteiger partial charge in [0, 0.05) is 0 Å². The standard InChI is InChI=1S/C26H43F7O4/c1-2-3-4-5-6-7-8-9-10-11-12-13-14-15-16-17-20-36-22(34)18-19-23(35)37-21-24(27,28)25(29,30)26(31,32)33/h2-21H2,1H3. The predicted molar refractivity (Wildman–Crippen MR) is 127 cm³/mol. The molecule has 37 heavy (non-hydrogen) atoms. The van der Waals surface area contributed by atoms with E-state index in [9.17, 15) is 40.3 Å². The summed E-state index contributed by atoms with van der Waals surface area (Å²) < 4.78 is 96.4. The zero-order valence-corrected chi connectivity index (χ0v) is 21.9. The molecule has 0 amide bonds. The molecule has 0 atom stereocenters. The van der Waals surface area contributed by atoms with E-state index in [2.05, 4.69) is 11.7 Å². The summed E-state index contributed by atoms with van der Waals surface area (Å²) in [6.45, 7) is -0.115. The van der Waals surface area contributed by atoms with Gasteiger partial charge < -0.3 is 9.47 Å². The summed E-state index contributed by atoms with van der Waals surface area (Å²) in [5.74, 6) is -14.3. The zero-order valence-electron chi connectivity index (χ0n) is 21.9. The van der Waals surface area contributed by atoms with Crippen LogP contribution in [0.2, 0.25) is 0 Å². The number of ether oxygens (including phenoxy) is 2. The molecular weight excluding hydrogens is 509 g/mol. The molecule has 0 radical (unpaired) electrons. The predicted octanol–water partition coefficient (Wildman–Crippen LogP) is 8.95. The third-order valence-corrected chi connectivity index (χ3v) is 6.02. The molecule has 0 aliphatic rings. The number of rotatable bonds is 23. The van der Waals surface area contributed by atoms with Gasteiger partial charge in [0.1, 0.15) is 0 Å². The van der Waals surface area contributed by atoms with Crippen LogP contribution in [0.15, 0.2) is 0 Å². The molecule has 0 N–H and O–H groups in total. The Hall–Kier alpha value is -1.55. The first-order chi connectivity index (χ1) is 17.3. The van der Waals surface area contributed by atoms with Crippen molar-refractivity contribution in [1.82, 2.24) is 0 Å². The van der Waals surface area contributed by atoms with E-state index in [-0.39, 0.29) is 6.61 Å². The molecule has 0 saturated heterocycles. The average molecular weight is 553 g/mol. The third-order valence-electron chi connectivity index (χ3n) is 6.02. The van der Waals surface area contributed by atoms with Crippen molar-refractivity contribution in [2.24, 2.45) is 0 Å². The number of hydrogen-bond acceptors (Lipinski definition) is 4. The first-order valence-electron chi connectivity index (χ1n) is 13.5. The third kappa shape index (κ3) is 16.8.